The van der Waals surface area contributed by atoms with E-state index >= 15 is 0 Å². The van der Waals surface area contributed by atoms with Crippen LogP contribution >= 0.6 is 0 Å². The number of halogens is 1. The lowest BCUT2D eigenvalue weighted by Gasteiger charge is -2.31. The zero-order chi connectivity index (χ0) is 18.8. The maximum Gasteiger partial charge on any atom is 0.123 e. The van der Waals surface area contributed by atoms with Gasteiger partial charge in [0.25, 0.3) is 0 Å². The Hall–Kier alpha value is -2.04. The van der Waals surface area contributed by atoms with Gasteiger partial charge in [-0.2, -0.15) is 0 Å². The highest BCUT2D eigenvalue weighted by Gasteiger charge is 2.44. The van der Waals surface area contributed by atoms with Gasteiger partial charge < -0.3 is 9.84 Å². The number of pyridine rings is 1. The first-order valence-corrected chi connectivity index (χ1v) is 9.75. The Balaban J connectivity index is 1.49. The molecule has 2 fully saturated rings. The lowest BCUT2D eigenvalue weighted by molar-refractivity contribution is 0.0699. The van der Waals surface area contributed by atoms with Crippen molar-refractivity contribution >= 4 is 6.08 Å². The zero-order valence-electron chi connectivity index (χ0n) is 15.6. The van der Waals surface area contributed by atoms with Gasteiger partial charge in [-0.1, -0.05) is 24.3 Å². The van der Waals surface area contributed by atoms with E-state index < -0.39 is 0 Å². The number of fused-ring (bicyclic) bond motifs is 1. The second-order valence-electron chi connectivity index (χ2n) is 7.82. The van der Waals surface area contributed by atoms with Gasteiger partial charge in [-0.25, -0.2) is 4.39 Å². The largest absolute Gasteiger partial charge is 0.393 e. The minimum atomic E-state index is -0.240. The number of nitrogens with zero attached hydrogens (tertiary/aromatic N) is 1. The number of aliphatic hydroxyl groups excluding tert-OH is 1. The van der Waals surface area contributed by atoms with Gasteiger partial charge in [0.05, 0.1) is 17.9 Å². The lowest BCUT2D eigenvalue weighted by Crippen LogP contribution is -2.27. The summed E-state index contributed by atoms with van der Waals surface area (Å²) in [6, 6.07) is 10.5. The van der Waals surface area contributed by atoms with Crippen LogP contribution < -0.4 is 0 Å². The Bertz CT molecular complexity index is 804. The first-order chi connectivity index (χ1) is 13.1. The van der Waals surface area contributed by atoms with Crippen molar-refractivity contribution in [2.75, 3.05) is 7.11 Å². The van der Waals surface area contributed by atoms with Gasteiger partial charge >= 0.3 is 0 Å². The molecule has 0 spiro atoms. The third kappa shape index (κ3) is 3.97. The smallest absolute Gasteiger partial charge is 0.123 e. The minimum Gasteiger partial charge on any atom is -0.393 e. The standard InChI is InChI=1S/C23H26FNO2/c1-27-23-13-17-12-20(26)8-10-21(17)22(23)9-7-19-6-5-16(14-25-19)15-3-2-4-18(24)11-15/h2-7,9,11,14,17,20-23,26H,8,10,12-13H2,1H3/b9-7+/t17-,20-,21-,22+,23+/m1/s1. The molecule has 27 heavy (non-hydrogen) atoms. The number of aliphatic hydroxyl groups is 1. The molecule has 0 radical (unpaired) electrons. The summed E-state index contributed by atoms with van der Waals surface area (Å²) in [6.07, 6.45) is 10.0. The molecule has 0 unspecified atom stereocenters. The summed E-state index contributed by atoms with van der Waals surface area (Å²) < 4.78 is 19.1. The fraction of sp³-hybridized carbons (Fsp3) is 0.435. The Kier molecular flexibility index (Phi) is 5.37. The second kappa shape index (κ2) is 7.91. The molecule has 2 saturated carbocycles. The van der Waals surface area contributed by atoms with Crippen LogP contribution in [-0.4, -0.2) is 29.4 Å². The summed E-state index contributed by atoms with van der Waals surface area (Å²) in [5, 5.41) is 9.95. The molecule has 1 aromatic heterocycles. The van der Waals surface area contributed by atoms with Crippen molar-refractivity contribution < 1.29 is 14.2 Å². The number of rotatable bonds is 4. The molecule has 0 amide bonds. The molecule has 0 aliphatic heterocycles. The summed E-state index contributed by atoms with van der Waals surface area (Å²) in [5.74, 6) is 1.27. The predicted octanol–water partition coefficient (Wildman–Crippen LogP) is 4.71. The van der Waals surface area contributed by atoms with Crippen molar-refractivity contribution in [2.24, 2.45) is 17.8 Å². The minimum absolute atomic E-state index is 0.150. The van der Waals surface area contributed by atoms with Crippen molar-refractivity contribution in [1.29, 1.82) is 0 Å². The van der Waals surface area contributed by atoms with E-state index in [0.717, 1.165) is 42.5 Å². The Morgan fingerprint density at radius 1 is 1.15 bits per heavy atom. The first kappa shape index (κ1) is 18.3. The molecule has 0 bridgehead atoms. The molecule has 3 nitrogen and oxygen atoms in total. The van der Waals surface area contributed by atoms with Gasteiger partial charge in [-0.05, 0) is 67.4 Å². The van der Waals surface area contributed by atoms with E-state index in [2.05, 4.69) is 17.1 Å². The molecule has 1 heterocycles. The first-order valence-electron chi connectivity index (χ1n) is 9.75. The van der Waals surface area contributed by atoms with E-state index in [1.807, 2.05) is 18.2 Å². The number of aromatic nitrogens is 1. The van der Waals surface area contributed by atoms with Crippen LogP contribution in [0.5, 0.6) is 0 Å². The zero-order valence-corrected chi connectivity index (χ0v) is 15.6. The summed E-state index contributed by atoms with van der Waals surface area (Å²) in [5.41, 5.74) is 2.63. The highest BCUT2D eigenvalue weighted by molar-refractivity contribution is 5.63. The molecule has 142 valence electrons. The molecule has 1 aromatic carbocycles. The van der Waals surface area contributed by atoms with E-state index in [-0.39, 0.29) is 18.0 Å². The van der Waals surface area contributed by atoms with Crippen molar-refractivity contribution in [3.05, 3.63) is 60.2 Å². The normalized spacial score (nSPS) is 30.6. The van der Waals surface area contributed by atoms with Crippen LogP contribution in [0.2, 0.25) is 0 Å². The van der Waals surface area contributed by atoms with Crippen LogP contribution in [0.25, 0.3) is 17.2 Å². The van der Waals surface area contributed by atoms with Crippen LogP contribution in [0, 0.1) is 23.6 Å². The van der Waals surface area contributed by atoms with Crippen LogP contribution in [0.1, 0.15) is 31.4 Å². The molecule has 5 atom stereocenters. The fourth-order valence-electron chi connectivity index (χ4n) is 4.84. The van der Waals surface area contributed by atoms with Crippen LogP contribution in [0.3, 0.4) is 0 Å². The van der Waals surface area contributed by atoms with E-state index in [0.29, 0.717) is 17.8 Å². The number of hydrogen-bond acceptors (Lipinski definition) is 3. The summed E-state index contributed by atoms with van der Waals surface area (Å²) >= 11 is 0. The van der Waals surface area contributed by atoms with Crippen molar-refractivity contribution in [2.45, 2.75) is 37.9 Å². The van der Waals surface area contributed by atoms with Gasteiger partial charge in [-0.15, -0.1) is 0 Å². The number of ether oxygens (including phenoxy) is 1. The molecule has 2 aromatic rings. The monoisotopic (exact) mass is 367 g/mol. The van der Waals surface area contributed by atoms with Gasteiger partial charge in [0.2, 0.25) is 0 Å². The Labute approximate surface area is 159 Å². The molecule has 2 aliphatic rings. The summed E-state index contributed by atoms with van der Waals surface area (Å²) in [7, 11) is 1.78. The maximum atomic E-state index is 13.4. The summed E-state index contributed by atoms with van der Waals surface area (Å²) in [4.78, 5) is 4.52. The maximum absolute atomic E-state index is 13.4. The van der Waals surface area contributed by atoms with E-state index in [9.17, 15) is 9.50 Å². The van der Waals surface area contributed by atoms with Crippen molar-refractivity contribution in [1.82, 2.24) is 4.98 Å². The summed E-state index contributed by atoms with van der Waals surface area (Å²) in [6.45, 7) is 0. The molecule has 4 heteroatoms. The molecule has 4 rings (SSSR count). The Morgan fingerprint density at radius 2 is 2.04 bits per heavy atom. The third-order valence-electron chi connectivity index (χ3n) is 6.21. The molecular weight excluding hydrogens is 341 g/mol. The number of benzene rings is 1. The van der Waals surface area contributed by atoms with E-state index in [1.165, 1.54) is 12.1 Å². The van der Waals surface area contributed by atoms with Gasteiger partial charge in [0, 0.05) is 24.8 Å². The third-order valence-corrected chi connectivity index (χ3v) is 6.21. The van der Waals surface area contributed by atoms with Crippen molar-refractivity contribution in [3.8, 4) is 11.1 Å². The van der Waals surface area contributed by atoms with Crippen LogP contribution in [0.15, 0.2) is 48.7 Å². The predicted molar refractivity (Wildman–Crippen MR) is 104 cm³/mol. The molecule has 1 N–H and O–H groups in total. The van der Waals surface area contributed by atoms with Crippen LogP contribution in [-0.2, 0) is 4.74 Å². The second-order valence-corrected chi connectivity index (χ2v) is 7.82. The van der Waals surface area contributed by atoms with Crippen molar-refractivity contribution in [3.63, 3.8) is 0 Å². The average molecular weight is 367 g/mol. The quantitative estimate of drug-likeness (QED) is 0.851. The van der Waals surface area contributed by atoms with Gasteiger partial charge in [0.15, 0.2) is 0 Å². The highest BCUT2D eigenvalue weighted by atomic mass is 19.1. The molecule has 2 aliphatic carbocycles. The van der Waals surface area contributed by atoms with Gasteiger partial charge in [0.1, 0.15) is 5.82 Å². The van der Waals surface area contributed by atoms with Crippen LogP contribution in [0.4, 0.5) is 4.39 Å². The SMILES string of the molecule is CO[C@H]1C[C@H]2C[C@H](O)CC[C@H]2[C@@H]1/C=C/c1ccc(-c2cccc(F)c2)cn1. The average Bonchev–Trinajstić information content (AvgIpc) is 3.03. The molecule has 0 saturated heterocycles. The topological polar surface area (TPSA) is 42.4 Å². The van der Waals surface area contributed by atoms with Gasteiger partial charge in [-0.3, -0.25) is 4.98 Å². The lowest BCUT2D eigenvalue weighted by atomic mass is 9.76. The fourth-order valence-corrected chi connectivity index (χ4v) is 4.84. The Morgan fingerprint density at radius 3 is 2.78 bits per heavy atom. The van der Waals surface area contributed by atoms with E-state index in [1.54, 1.807) is 19.4 Å². The number of hydrogen-bond donors (Lipinski definition) is 1. The number of methoxy groups -OCH3 is 1. The highest BCUT2D eigenvalue weighted by Crippen LogP contribution is 2.47. The molecular formula is C23H26FNO2. The van der Waals surface area contributed by atoms with E-state index in [4.69, 9.17) is 4.74 Å².